The Morgan fingerprint density at radius 3 is 1.27 bits per heavy atom. The van der Waals surface area contributed by atoms with E-state index in [0.717, 1.165) is 0 Å². The second kappa shape index (κ2) is 46.2. The maximum absolute atomic E-state index is 14.4. The Hall–Kier alpha value is -10.6. The van der Waals surface area contributed by atoms with Gasteiger partial charge < -0.3 is 112 Å². The van der Waals surface area contributed by atoms with E-state index in [-0.39, 0.29) is 62.8 Å². The molecule has 20 amide bonds. The Labute approximate surface area is 703 Å². The minimum absolute atomic E-state index is 0.0519. The fourth-order valence-corrected chi connectivity index (χ4v) is 12.2. The van der Waals surface area contributed by atoms with Crippen LogP contribution in [0.3, 0.4) is 0 Å². The number of carbonyl (C=O) groups is 20. The number of nitrogens with zero attached hydrogens (tertiary/aromatic N) is 1. The highest BCUT2D eigenvalue weighted by Crippen LogP contribution is 2.25. The van der Waals surface area contributed by atoms with E-state index in [4.69, 9.17) is 11.5 Å². The van der Waals surface area contributed by atoms with Gasteiger partial charge in [0.15, 0.2) is 0 Å². The normalized spacial score (nSPS) is 15.8. The predicted octanol–water partition coefficient (Wildman–Crippen LogP) is -3.88. The molecule has 10 unspecified atom stereocenters. The lowest BCUT2D eigenvalue weighted by Crippen LogP contribution is -2.66. The molecule has 0 aromatic rings. The van der Waals surface area contributed by atoms with Gasteiger partial charge in [0.1, 0.15) is 87.1 Å². The molecule has 680 valence electrons. The summed E-state index contributed by atoms with van der Waals surface area (Å²) in [6.07, 6.45) is -0.413. The van der Waals surface area contributed by atoms with Crippen molar-refractivity contribution in [1.29, 1.82) is 0 Å². The minimum atomic E-state index is -1.84. The molecule has 0 aromatic carbocycles. The number of aliphatic hydroxyl groups excluding tert-OH is 1. The van der Waals surface area contributed by atoms with Gasteiger partial charge in [-0.1, -0.05) is 62.3 Å². The molecule has 41 nitrogen and oxygen atoms in total. The van der Waals surface area contributed by atoms with Crippen LogP contribution in [0.4, 0.5) is 0 Å². The van der Waals surface area contributed by atoms with Crippen molar-refractivity contribution >= 4 is 118 Å². The molecule has 1 rings (SSSR count). The molecular formula is C79H138N20O21. The highest BCUT2D eigenvalue weighted by Gasteiger charge is 2.47. The van der Waals surface area contributed by atoms with E-state index < -0.39 is 250 Å². The van der Waals surface area contributed by atoms with Crippen LogP contribution in [0.25, 0.3) is 0 Å². The standard InChI is InChI=1S/C79H138N20O21/c1-26-79(25,96-62(110)49(30-32-54(81)103)87-59(107)45(11)85-61(109)50(35-41(4)5)88-58(106)44(10)84-55(104)37-82-66(114)73(13,14)92-46(12)101)71(119)91-57(43(8)9)65(113)95-74(15,16)67(115)83-38-56(105)93-76(19,20)69(117)98-78(23,24)72(120)99-33-27-28-52(99)64(112)89-51(36-42(6)7)63(111)94-77(21,22)70(118)97-75(17,18)68(116)90-48(29-31-53(80)102)60(108)86-47(39-100)34-40(2)3/h40-45,47-52,57,100H,26-39H2,1-25H3,(H2,80,102)(H2,81,103)(H,82,114)(H,83,115)(H,84,104)(H,85,109)(H,86,108)(H,87,107)(H,88,106)(H,89,112)(H,90,116)(H,91,119)(H,92,101)(H,93,105)(H,94,111)(H,95,113)(H,96,110)(H,97,118)(H,98,117). The first kappa shape index (κ1) is 107. The van der Waals surface area contributed by atoms with Crippen LogP contribution in [0.1, 0.15) is 237 Å². The number of hydrogen-bond donors (Lipinski definition) is 20. The number of primary amides is 2. The molecule has 0 aliphatic carbocycles. The molecule has 1 aliphatic heterocycles. The summed E-state index contributed by atoms with van der Waals surface area (Å²) in [5.74, 6) is -17.1. The van der Waals surface area contributed by atoms with E-state index in [9.17, 15) is 101 Å². The summed E-state index contributed by atoms with van der Waals surface area (Å²) in [5.41, 5.74) is -1.20. The van der Waals surface area contributed by atoms with Crippen LogP contribution in [0.5, 0.6) is 0 Å². The topological polar surface area (TPSA) is 621 Å². The Kier molecular flexibility index (Phi) is 41.4. The van der Waals surface area contributed by atoms with E-state index in [2.05, 4.69) is 90.4 Å². The number of likely N-dealkylation sites (tertiary alicyclic amines) is 1. The summed E-state index contributed by atoms with van der Waals surface area (Å²) >= 11 is 0. The molecule has 0 bridgehead atoms. The zero-order chi connectivity index (χ0) is 93.1. The van der Waals surface area contributed by atoms with Crippen LogP contribution in [0.2, 0.25) is 0 Å². The van der Waals surface area contributed by atoms with Crippen LogP contribution in [0.15, 0.2) is 0 Å². The zero-order valence-corrected chi connectivity index (χ0v) is 74.6. The smallest absolute Gasteiger partial charge is 0.248 e. The van der Waals surface area contributed by atoms with Gasteiger partial charge in [-0.05, 0) is 179 Å². The van der Waals surface area contributed by atoms with Crippen LogP contribution >= 0.6 is 0 Å². The third-order valence-electron chi connectivity index (χ3n) is 19.7. The summed E-state index contributed by atoms with van der Waals surface area (Å²) in [6, 6.07) is -11.2. The van der Waals surface area contributed by atoms with E-state index in [1.54, 1.807) is 41.5 Å². The van der Waals surface area contributed by atoms with Crippen molar-refractivity contribution in [1.82, 2.24) is 95.3 Å². The Bertz CT molecular complexity index is 3740. The molecule has 120 heavy (non-hydrogen) atoms. The maximum Gasteiger partial charge on any atom is 0.248 e. The summed E-state index contributed by atoms with van der Waals surface area (Å²) in [4.78, 5) is 270. The number of carbonyl (C=O) groups excluding carboxylic acids is 20. The summed E-state index contributed by atoms with van der Waals surface area (Å²) in [7, 11) is 0. The highest BCUT2D eigenvalue weighted by atomic mass is 16.3. The molecule has 0 saturated carbocycles. The van der Waals surface area contributed by atoms with Gasteiger partial charge in [0, 0.05) is 26.3 Å². The van der Waals surface area contributed by atoms with Crippen LogP contribution < -0.4 is 102 Å². The molecular weight excluding hydrogens is 1560 g/mol. The van der Waals surface area contributed by atoms with Crippen molar-refractivity contribution in [3.8, 4) is 0 Å². The van der Waals surface area contributed by atoms with Crippen molar-refractivity contribution in [3.05, 3.63) is 0 Å². The number of rotatable bonds is 49. The minimum Gasteiger partial charge on any atom is -0.394 e. The third kappa shape index (κ3) is 35.3. The first-order valence-corrected chi connectivity index (χ1v) is 40.5. The highest BCUT2D eigenvalue weighted by molar-refractivity contribution is 6.03. The SMILES string of the molecule is CCC(C)(NC(=O)C(CCC(N)=O)NC(=O)C(C)NC(=O)C(CC(C)C)NC(=O)C(C)NC(=O)CNC(=O)C(C)(C)NC(C)=O)C(=O)NC(C(=O)NC(C)(C)C(=O)NCC(=O)NC(C)(C)C(=O)NC(C)(C)C(=O)N1CCCC1C(=O)NC(CC(C)C)C(=O)NC(C)(C)C(=O)NC(C)(C)C(=O)NC(CCC(N)=O)C(=O)NC(CO)CC(C)C)C(C)C. The van der Waals surface area contributed by atoms with Crippen LogP contribution in [0, 0.1) is 23.7 Å². The lowest BCUT2D eigenvalue weighted by Gasteiger charge is -2.36. The molecule has 0 aromatic heterocycles. The van der Waals surface area contributed by atoms with E-state index in [1.807, 2.05) is 13.8 Å². The summed E-state index contributed by atoms with van der Waals surface area (Å²) in [5, 5.41) is 53.2. The van der Waals surface area contributed by atoms with Crippen molar-refractivity contribution in [2.24, 2.45) is 35.1 Å². The largest absolute Gasteiger partial charge is 0.394 e. The molecule has 1 heterocycles. The van der Waals surface area contributed by atoms with Gasteiger partial charge in [-0.2, -0.15) is 0 Å². The molecule has 0 spiro atoms. The van der Waals surface area contributed by atoms with Crippen molar-refractivity contribution in [2.45, 2.75) is 330 Å². The lowest BCUT2D eigenvalue weighted by atomic mass is 9.93. The molecule has 1 fully saturated rings. The fraction of sp³-hybridized carbons (Fsp3) is 0.747. The average Bonchev–Trinajstić information content (AvgIpc) is 1.54. The Morgan fingerprint density at radius 1 is 0.400 bits per heavy atom. The molecule has 41 heteroatoms. The van der Waals surface area contributed by atoms with Gasteiger partial charge in [-0.25, -0.2) is 0 Å². The number of hydrogen-bond acceptors (Lipinski definition) is 21. The molecule has 1 aliphatic rings. The van der Waals surface area contributed by atoms with Gasteiger partial charge in [0.05, 0.1) is 25.7 Å². The number of aliphatic hydroxyl groups is 1. The van der Waals surface area contributed by atoms with Crippen molar-refractivity contribution < 1.29 is 101 Å². The van der Waals surface area contributed by atoms with E-state index in [1.165, 1.54) is 123 Å². The first-order valence-electron chi connectivity index (χ1n) is 40.5. The van der Waals surface area contributed by atoms with Crippen molar-refractivity contribution in [3.63, 3.8) is 0 Å². The number of nitrogens with one attached hydrogen (secondary N) is 17. The predicted molar refractivity (Wildman–Crippen MR) is 441 cm³/mol. The van der Waals surface area contributed by atoms with Gasteiger partial charge in [0.25, 0.3) is 0 Å². The summed E-state index contributed by atoms with van der Waals surface area (Å²) < 4.78 is 0. The number of nitrogens with two attached hydrogens (primary N) is 2. The molecule has 1 saturated heterocycles. The Balaban J connectivity index is 3.17. The second-order valence-electron chi connectivity index (χ2n) is 35.8. The van der Waals surface area contributed by atoms with Gasteiger partial charge >= 0.3 is 0 Å². The second-order valence-corrected chi connectivity index (χ2v) is 35.8. The molecule has 0 radical (unpaired) electrons. The monoisotopic (exact) mass is 1700 g/mol. The lowest BCUT2D eigenvalue weighted by molar-refractivity contribution is -0.146. The molecule has 10 atom stereocenters. The molecule has 22 N–H and O–H groups in total. The van der Waals surface area contributed by atoms with Gasteiger partial charge in [-0.15, -0.1) is 0 Å². The first-order chi connectivity index (χ1) is 54.8. The number of amides is 20. The van der Waals surface area contributed by atoms with E-state index in [0.29, 0.717) is 12.8 Å². The fourth-order valence-electron chi connectivity index (χ4n) is 12.2. The maximum atomic E-state index is 14.4. The average molecular weight is 1700 g/mol. The quantitative estimate of drug-likeness (QED) is 0.0277. The zero-order valence-electron chi connectivity index (χ0n) is 74.6. The summed E-state index contributed by atoms with van der Waals surface area (Å²) in [6.45, 7) is 35.3. The van der Waals surface area contributed by atoms with Crippen LogP contribution in [-0.4, -0.2) is 248 Å². The van der Waals surface area contributed by atoms with Crippen LogP contribution in [-0.2, 0) is 95.9 Å². The van der Waals surface area contributed by atoms with Gasteiger partial charge in [-0.3, -0.25) is 95.9 Å². The van der Waals surface area contributed by atoms with Gasteiger partial charge in [0.2, 0.25) is 118 Å². The van der Waals surface area contributed by atoms with E-state index >= 15 is 0 Å². The van der Waals surface area contributed by atoms with Crippen molar-refractivity contribution in [2.75, 3.05) is 26.2 Å². The Morgan fingerprint density at radius 2 is 0.808 bits per heavy atom. The third-order valence-corrected chi connectivity index (χ3v) is 19.7.